The van der Waals surface area contributed by atoms with Crippen LogP contribution in [0.3, 0.4) is 0 Å². The topological polar surface area (TPSA) is 87.4 Å². The second-order valence-corrected chi connectivity index (χ2v) is 8.81. The number of oxazole rings is 1. The van der Waals surface area contributed by atoms with Crippen molar-refractivity contribution in [3.63, 3.8) is 0 Å². The van der Waals surface area contributed by atoms with Crippen molar-refractivity contribution in [3.05, 3.63) is 82.9 Å². The summed E-state index contributed by atoms with van der Waals surface area (Å²) in [4.78, 5) is 16.6. The smallest absolute Gasteiger partial charge is 0.250 e. The van der Waals surface area contributed by atoms with Gasteiger partial charge in [0, 0.05) is 22.9 Å². The van der Waals surface area contributed by atoms with E-state index in [-0.39, 0.29) is 22.7 Å². The fourth-order valence-corrected chi connectivity index (χ4v) is 3.67. The minimum absolute atomic E-state index is 0.0541. The summed E-state index contributed by atoms with van der Waals surface area (Å²) < 4.78 is 5.70. The van der Waals surface area contributed by atoms with Crippen molar-refractivity contribution in [2.24, 2.45) is 0 Å². The molecule has 0 saturated heterocycles. The van der Waals surface area contributed by atoms with Crippen molar-refractivity contribution in [3.8, 4) is 17.2 Å². The molecule has 0 saturated carbocycles. The molecule has 6 nitrogen and oxygen atoms in total. The van der Waals surface area contributed by atoms with E-state index in [1.807, 2.05) is 24.3 Å². The summed E-state index contributed by atoms with van der Waals surface area (Å²) in [5.74, 6) is 0.300. The SMILES string of the molecule is CC(C)c1ccc(/C=C/C(=O)NC(=S)Nc2ccc(-c3nc4cc(Cl)ccc4o3)c(O)c2)cc1. The molecule has 0 aliphatic heterocycles. The van der Waals surface area contributed by atoms with Gasteiger partial charge in [0.15, 0.2) is 10.7 Å². The van der Waals surface area contributed by atoms with Gasteiger partial charge in [-0.3, -0.25) is 10.1 Å². The number of thiocarbonyl (C=S) groups is 1. The van der Waals surface area contributed by atoms with E-state index in [1.54, 1.807) is 36.4 Å². The molecule has 0 spiro atoms. The summed E-state index contributed by atoms with van der Waals surface area (Å²) >= 11 is 11.2. The van der Waals surface area contributed by atoms with E-state index in [1.165, 1.54) is 17.7 Å². The zero-order chi connectivity index (χ0) is 24.2. The molecule has 1 heterocycles. The van der Waals surface area contributed by atoms with Crippen LogP contribution in [0.25, 0.3) is 28.6 Å². The largest absolute Gasteiger partial charge is 0.507 e. The Bertz CT molecular complexity index is 1390. The van der Waals surface area contributed by atoms with Crippen LogP contribution in [-0.2, 0) is 4.79 Å². The molecule has 4 rings (SSSR count). The summed E-state index contributed by atoms with van der Waals surface area (Å²) in [5.41, 5.74) is 4.23. The van der Waals surface area contributed by atoms with Crippen LogP contribution in [0.1, 0.15) is 30.9 Å². The standard InChI is InChI=1S/C26H22ClN3O3S/c1-15(2)17-6-3-16(4-7-17)5-12-24(32)30-26(34)28-19-9-10-20(22(31)14-19)25-29-21-13-18(27)8-11-23(21)33-25/h3-15,31H,1-2H3,(H2,28,30,32,34)/b12-5+. The van der Waals surface area contributed by atoms with Crippen LogP contribution in [-0.4, -0.2) is 21.1 Å². The first kappa shape index (κ1) is 23.5. The molecule has 0 fully saturated rings. The van der Waals surface area contributed by atoms with E-state index in [0.29, 0.717) is 33.3 Å². The lowest BCUT2D eigenvalue weighted by Gasteiger charge is -2.09. The second-order valence-electron chi connectivity index (χ2n) is 7.96. The third-order valence-corrected chi connectivity index (χ3v) is 5.54. The van der Waals surface area contributed by atoms with Crippen molar-refractivity contribution < 1.29 is 14.3 Å². The van der Waals surface area contributed by atoms with Crippen LogP contribution >= 0.6 is 23.8 Å². The third-order valence-electron chi connectivity index (χ3n) is 5.10. The summed E-state index contributed by atoms with van der Waals surface area (Å²) in [6, 6.07) is 17.9. The van der Waals surface area contributed by atoms with Crippen LogP contribution in [0.4, 0.5) is 5.69 Å². The van der Waals surface area contributed by atoms with Gasteiger partial charge in [0.1, 0.15) is 11.3 Å². The third kappa shape index (κ3) is 5.62. The number of fused-ring (bicyclic) bond motifs is 1. The number of carbonyl (C=O) groups excluding carboxylic acids is 1. The molecule has 0 aliphatic carbocycles. The van der Waals surface area contributed by atoms with Crippen molar-refractivity contribution in [1.29, 1.82) is 0 Å². The molecule has 8 heteroatoms. The Balaban J connectivity index is 1.38. The number of hydrogen-bond acceptors (Lipinski definition) is 5. The predicted octanol–water partition coefficient (Wildman–Crippen LogP) is 6.50. The zero-order valence-electron chi connectivity index (χ0n) is 18.5. The number of aromatic hydroxyl groups is 1. The lowest BCUT2D eigenvalue weighted by molar-refractivity contribution is -0.115. The van der Waals surface area contributed by atoms with Crippen molar-refractivity contribution >= 4 is 57.7 Å². The van der Waals surface area contributed by atoms with Gasteiger partial charge in [0.05, 0.1) is 5.56 Å². The number of benzene rings is 3. The van der Waals surface area contributed by atoms with E-state index in [2.05, 4.69) is 29.5 Å². The molecule has 1 aromatic heterocycles. The highest BCUT2D eigenvalue weighted by Gasteiger charge is 2.14. The number of phenolic OH excluding ortho intramolecular Hbond substituents is 1. The molecule has 3 N–H and O–H groups in total. The number of halogens is 1. The van der Waals surface area contributed by atoms with E-state index < -0.39 is 0 Å². The summed E-state index contributed by atoms with van der Waals surface area (Å²) in [6.07, 6.45) is 3.13. The maximum absolute atomic E-state index is 12.2. The molecule has 172 valence electrons. The van der Waals surface area contributed by atoms with Crippen LogP contribution in [0.5, 0.6) is 5.75 Å². The Morgan fingerprint density at radius 3 is 2.59 bits per heavy atom. The highest BCUT2D eigenvalue weighted by Crippen LogP contribution is 2.33. The zero-order valence-corrected chi connectivity index (χ0v) is 20.1. The quantitative estimate of drug-likeness (QED) is 0.218. The van der Waals surface area contributed by atoms with Gasteiger partial charge in [-0.15, -0.1) is 0 Å². The Morgan fingerprint density at radius 1 is 1.12 bits per heavy atom. The molecule has 0 bridgehead atoms. The highest BCUT2D eigenvalue weighted by atomic mass is 35.5. The average molecular weight is 492 g/mol. The fraction of sp³-hybridized carbons (Fsp3) is 0.115. The maximum atomic E-state index is 12.2. The lowest BCUT2D eigenvalue weighted by atomic mass is 10.0. The second kappa shape index (κ2) is 10.1. The first-order chi connectivity index (χ1) is 16.3. The Kier molecular flexibility index (Phi) is 6.95. The maximum Gasteiger partial charge on any atom is 0.250 e. The van der Waals surface area contributed by atoms with Gasteiger partial charge < -0.3 is 14.8 Å². The lowest BCUT2D eigenvalue weighted by Crippen LogP contribution is -2.32. The number of carbonyl (C=O) groups is 1. The number of nitrogens with zero attached hydrogens (tertiary/aromatic N) is 1. The molecule has 0 radical (unpaired) electrons. The fourth-order valence-electron chi connectivity index (χ4n) is 3.29. The minimum atomic E-state index is -0.364. The normalized spacial score (nSPS) is 11.3. The molecule has 0 unspecified atom stereocenters. The number of aromatic nitrogens is 1. The average Bonchev–Trinajstić information content (AvgIpc) is 3.20. The number of hydrogen-bond donors (Lipinski definition) is 3. The van der Waals surface area contributed by atoms with Gasteiger partial charge in [-0.25, -0.2) is 4.98 Å². The van der Waals surface area contributed by atoms with Gasteiger partial charge >= 0.3 is 0 Å². The predicted molar refractivity (Wildman–Crippen MR) is 140 cm³/mol. The van der Waals surface area contributed by atoms with Crippen LogP contribution in [0.15, 0.2) is 71.2 Å². The molecular weight excluding hydrogens is 470 g/mol. The number of rotatable bonds is 5. The van der Waals surface area contributed by atoms with E-state index >= 15 is 0 Å². The number of phenols is 1. The highest BCUT2D eigenvalue weighted by molar-refractivity contribution is 7.80. The molecule has 1 amide bonds. The van der Waals surface area contributed by atoms with Gasteiger partial charge in [-0.2, -0.15) is 0 Å². The monoisotopic (exact) mass is 491 g/mol. The van der Waals surface area contributed by atoms with Crippen LogP contribution < -0.4 is 10.6 Å². The van der Waals surface area contributed by atoms with E-state index in [9.17, 15) is 9.90 Å². The van der Waals surface area contributed by atoms with Crippen molar-refractivity contribution in [2.45, 2.75) is 19.8 Å². The van der Waals surface area contributed by atoms with Crippen molar-refractivity contribution in [1.82, 2.24) is 10.3 Å². The van der Waals surface area contributed by atoms with E-state index in [4.69, 9.17) is 28.2 Å². The summed E-state index contributed by atoms with van der Waals surface area (Å²) in [7, 11) is 0. The minimum Gasteiger partial charge on any atom is -0.507 e. The summed E-state index contributed by atoms with van der Waals surface area (Å²) in [5, 5.41) is 16.6. The van der Waals surface area contributed by atoms with Gasteiger partial charge in [0.25, 0.3) is 0 Å². The first-order valence-corrected chi connectivity index (χ1v) is 11.4. The Morgan fingerprint density at radius 2 is 1.88 bits per heavy atom. The number of amides is 1. The van der Waals surface area contributed by atoms with E-state index in [0.717, 1.165) is 5.56 Å². The molecule has 0 aliphatic rings. The number of anilines is 1. The molecule has 3 aromatic carbocycles. The molecule has 34 heavy (non-hydrogen) atoms. The van der Waals surface area contributed by atoms with Gasteiger partial charge in [0.2, 0.25) is 11.8 Å². The Hall–Kier alpha value is -3.68. The number of nitrogens with one attached hydrogen (secondary N) is 2. The molecular formula is C26H22ClN3O3S. The first-order valence-electron chi connectivity index (χ1n) is 10.6. The van der Waals surface area contributed by atoms with Gasteiger partial charge in [-0.05, 0) is 65.7 Å². The summed E-state index contributed by atoms with van der Waals surface area (Å²) in [6.45, 7) is 4.26. The molecule has 0 atom stereocenters. The van der Waals surface area contributed by atoms with Gasteiger partial charge in [-0.1, -0.05) is 49.7 Å². The van der Waals surface area contributed by atoms with Crippen LogP contribution in [0.2, 0.25) is 5.02 Å². The van der Waals surface area contributed by atoms with Crippen molar-refractivity contribution in [2.75, 3.05) is 5.32 Å². The Labute approximate surface area is 207 Å². The van der Waals surface area contributed by atoms with Crippen LogP contribution in [0, 0.1) is 0 Å². The molecule has 4 aromatic rings.